The number of nitrogens with two attached hydrogens (primary N) is 1. The maximum absolute atomic E-state index is 6.41. The van der Waals surface area contributed by atoms with Crippen LogP contribution in [0.1, 0.15) is 59.3 Å². The van der Waals surface area contributed by atoms with E-state index in [0.717, 1.165) is 18.0 Å². The molecule has 3 heteroatoms. The molecule has 1 aromatic heterocycles. The second kappa shape index (κ2) is 5.64. The highest BCUT2D eigenvalue weighted by Crippen LogP contribution is 2.36. The van der Waals surface area contributed by atoms with Crippen molar-refractivity contribution >= 4 is 0 Å². The van der Waals surface area contributed by atoms with Gasteiger partial charge in [-0.2, -0.15) is 5.10 Å². The molecule has 1 atom stereocenters. The molecule has 1 unspecified atom stereocenters. The zero-order valence-electron chi connectivity index (χ0n) is 13.3. The van der Waals surface area contributed by atoms with E-state index in [9.17, 15) is 0 Å². The van der Waals surface area contributed by atoms with Gasteiger partial charge in [-0.3, -0.25) is 4.68 Å². The van der Waals surface area contributed by atoms with Crippen LogP contribution in [-0.4, -0.2) is 9.78 Å². The first-order valence-electron chi connectivity index (χ1n) is 7.90. The third-order valence-corrected chi connectivity index (χ3v) is 5.02. The molecule has 0 radical (unpaired) electrons. The summed E-state index contributed by atoms with van der Waals surface area (Å²) in [5.41, 5.74) is 12.7. The molecule has 0 amide bonds. The van der Waals surface area contributed by atoms with Crippen LogP contribution in [0.4, 0.5) is 0 Å². The molecular weight excluding hydrogens is 258 g/mol. The van der Waals surface area contributed by atoms with Gasteiger partial charge in [-0.15, -0.1) is 0 Å². The Kier molecular flexibility index (Phi) is 3.85. The predicted octanol–water partition coefficient (Wildman–Crippen LogP) is 3.55. The Hall–Kier alpha value is -1.61. The number of hydrogen-bond acceptors (Lipinski definition) is 2. The Balaban J connectivity index is 1.74. The van der Waals surface area contributed by atoms with E-state index in [1.165, 1.54) is 41.6 Å². The topological polar surface area (TPSA) is 43.8 Å². The van der Waals surface area contributed by atoms with E-state index in [4.69, 9.17) is 5.73 Å². The summed E-state index contributed by atoms with van der Waals surface area (Å²) in [4.78, 5) is 0. The molecule has 112 valence electrons. The number of aromatic nitrogens is 2. The fourth-order valence-electron chi connectivity index (χ4n) is 3.21. The van der Waals surface area contributed by atoms with Gasteiger partial charge >= 0.3 is 0 Å². The Morgan fingerprint density at radius 2 is 1.90 bits per heavy atom. The molecule has 1 fully saturated rings. The summed E-state index contributed by atoms with van der Waals surface area (Å²) in [5, 5.41) is 4.47. The van der Waals surface area contributed by atoms with Crippen LogP contribution in [0.3, 0.4) is 0 Å². The molecule has 1 aliphatic carbocycles. The SMILES string of the molecule is Cc1nn(C)c(C)c1CC(N)c1ccc(C2CCC2)cc1. The maximum Gasteiger partial charge on any atom is 0.0629 e. The lowest BCUT2D eigenvalue weighted by Gasteiger charge is -2.26. The average Bonchev–Trinajstić information content (AvgIpc) is 2.64. The van der Waals surface area contributed by atoms with Crippen molar-refractivity contribution in [1.82, 2.24) is 9.78 Å². The minimum atomic E-state index is 0.0436. The Labute approximate surface area is 127 Å². The van der Waals surface area contributed by atoms with Gasteiger partial charge in [0.15, 0.2) is 0 Å². The number of hydrogen-bond donors (Lipinski definition) is 1. The lowest BCUT2D eigenvalue weighted by atomic mass is 9.80. The van der Waals surface area contributed by atoms with Gasteiger partial charge in [-0.1, -0.05) is 30.7 Å². The van der Waals surface area contributed by atoms with Crippen LogP contribution >= 0.6 is 0 Å². The van der Waals surface area contributed by atoms with E-state index in [2.05, 4.69) is 43.2 Å². The molecule has 2 N–H and O–H groups in total. The van der Waals surface area contributed by atoms with Crippen molar-refractivity contribution < 1.29 is 0 Å². The van der Waals surface area contributed by atoms with Crippen LogP contribution in [0.15, 0.2) is 24.3 Å². The maximum atomic E-state index is 6.41. The van der Waals surface area contributed by atoms with Crippen molar-refractivity contribution in [2.24, 2.45) is 12.8 Å². The summed E-state index contributed by atoms with van der Waals surface area (Å²) in [6, 6.07) is 8.99. The molecule has 3 nitrogen and oxygen atoms in total. The minimum Gasteiger partial charge on any atom is -0.324 e. The Morgan fingerprint density at radius 3 is 2.38 bits per heavy atom. The molecule has 0 saturated heterocycles. The molecule has 1 aliphatic rings. The van der Waals surface area contributed by atoms with Gasteiger partial charge in [0.1, 0.15) is 0 Å². The first-order chi connectivity index (χ1) is 10.1. The highest BCUT2D eigenvalue weighted by atomic mass is 15.3. The van der Waals surface area contributed by atoms with E-state index in [-0.39, 0.29) is 6.04 Å². The first kappa shape index (κ1) is 14.3. The van der Waals surface area contributed by atoms with Crippen molar-refractivity contribution in [3.63, 3.8) is 0 Å². The van der Waals surface area contributed by atoms with Gasteiger partial charge in [-0.05, 0) is 55.7 Å². The predicted molar refractivity (Wildman–Crippen MR) is 86.3 cm³/mol. The zero-order valence-corrected chi connectivity index (χ0v) is 13.3. The van der Waals surface area contributed by atoms with Crippen molar-refractivity contribution in [2.75, 3.05) is 0 Å². The molecule has 0 aliphatic heterocycles. The van der Waals surface area contributed by atoms with Crippen LogP contribution in [0.2, 0.25) is 0 Å². The van der Waals surface area contributed by atoms with Gasteiger partial charge in [0.05, 0.1) is 5.69 Å². The summed E-state index contributed by atoms with van der Waals surface area (Å²) in [6.45, 7) is 4.18. The van der Waals surface area contributed by atoms with Crippen LogP contribution < -0.4 is 5.73 Å². The zero-order chi connectivity index (χ0) is 15.0. The second-order valence-electron chi connectivity index (χ2n) is 6.38. The molecule has 1 aromatic carbocycles. The van der Waals surface area contributed by atoms with Gasteiger partial charge in [-0.25, -0.2) is 0 Å². The highest BCUT2D eigenvalue weighted by molar-refractivity contribution is 5.31. The second-order valence-corrected chi connectivity index (χ2v) is 6.38. The average molecular weight is 283 g/mol. The van der Waals surface area contributed by atoms with E-state index in [1.807, 2.05) is 11.7 Å². The molecule has 0 bridgehead atoms. The lowest BCUT2D eigenvalue weighted by Crippen LogP contribution is -2.15. The minimum absolute atomic E-state index is 0.0436. The normalized spacial score (nSPS) is 16.8. The molecule has 21 heavy (non-hydrogen) atoms. The quantitative estimate of drug-likeness (QED) is 0.932. The highest BCUT2D eigenvalue weighted by Gasteiger charge is 2.20. The van der Waals surface area contributed by atoms with Crippen molar-refractivity contribution in [3.8, 4) is 0 Å². The molecule has 1 saturated carbocycles. The van der Waals surface area contributed by atoms with E-state index >= 15 is 0 Å². The summed E-state index contributed by atoms with van der Waals surface area (Å²) >= 11 is 0. The largest absolute Gasteiger partial charge is 0.324 e. The fraction of sp³-hybridized carbons (Fsp3) is 0.500. The van der Waals surface area contributed by atoms with Crippen LogP contribution in [0.25, 0.3) is 0 Å². The molecular formula is C18H25N3. The monoisotopic (exact) mass is 283 g/mol. The molecule has 2 aromatic rings. The van der Waals surface area contributed by atoms with E-state index in [0.29, 0.717) is 0 Å². The summed E-state index contributed by atoms with van der Waals surface area (Å²) in [7, 11) is 1.99. The molecule has 3 rings (SSSR count). The Bertz CT molecular complexity index is 621. The number of aryl methyl sites for hydroxylation is 2. The van der Waals surface area contributed by atoms with Crippen molar-refractivity contribution in [2.45, 2.75) is 51.5 Å². The number of nitrogens with zero attached hydrogens (tertiary/aromatic N) is 2. The van der Waals surface area contributed by atoms with Crippen molar-refractivity contribution in [1.29, 1.82) is 0 Å². The van der Waals surface area contributed by atoms with Crippen molar-refractivity contribution in [3.05, 3.63) is 52.3 Å². The summed E-state index contributed by atoms with van der Waals surface area (Å²) in [6.07, 6.45) is 4.93. The molecule has 1 heterocycles. The van der Waals surface area contributed by atoms with Crippen LogP contribution in [0, 0.1) is 13.8 Å². The van der Waals surface area contributed by atoms with Gasteiger partial charge in [0, 0.05) is 18.8 Å². The number of benzene rings is 1. The number of rotatable bonds is 4. The fourth-order valence-corrected chi connectivity index (χ4v) is 3.21. The van der Waals surface area contributed by atoms with E-state index < -0.39 is 0 Å². The molecule has 0 spiro atoms. The van der Waals surface area contributed by atoms with Gasteiger partial charge in [0.2, 0.25) is 0 Å². The van der Waals surface area contributed by atoms with Gasteiger partial charge in [0.25, 0.3) is 0 Å². The third-order valence-electron chi connectivity index (χ3n) is 5.02. The van der Waals surface area contributed by atoms with Crippen LogP contribution in [-0.2, 0) is 13.5 Å². The van der Waals surface area contributed by atoms with Gasteiger partial charge < -0.3 is 5.73 Å². The smallest absolute Gasteiger partial charge is 0.0629 e. The summed E-state index contributed by atoms with van der Waals surface area (Å²) in [5.74, 6) is 0.790. The lowest BCUT2D eigenvalue weighted by molar-refractivity contribution is 0.419. The third kappa shape index (κ3) is 2.75. The standard InChI is InChI=1S/C18H25N3/c1-12-17(13(2)21(3)20-12)11-18(19)16-9-7-15(8-10-16)14-5-4-6-14/h7-10,14,18H,4-6,11,19H2,1-3H3. The van der Waals surface area contributed by atoms with E-state index in [1.54, 1.807) is 0 Å². The van der Waals surface area contributed by atoms with Crippen LogP contribution in [0.5, 0.6) is 0 Å². The summed E-state index contributed by atoms with van der Waals surface area (Å²) < 4.78 is 1.94. The first-order valence-corrected chi connectivity index (χ1v) is 7.90. The Morgan fingerprint density at radius 1 is 1.24 bits per heavy atom.